The standard InChI is InChI=1S/C12H14FN5O2/c1-17-7-15-18(12(17)20)5-4-11(19)16-10-3-2-8(13)6-9(10)14/h2-3,6-7H,4-5,14H2,1H3,(H,16,19). The highest BCUT2D eigenvalue weighted by Crippen LogP contribution is 2.19. The van der Waals surface area contributed by atoms with Crippen molar-refractivity contribution >= 4 is 17.3 Å². The number of aryl methyl sites for hydroxylation is 2. The van der Waals surface area contributed by atoms with Crippen molar-refractivity contribution in [3.8, 4) is 0 Å². The first-order chi connectivity index (χ1) is 9.47. The van der Waals surface area contributed by atoms with Crippen LogP contribution in [-0.2, 0) is 18.4 Å². The van der Waals surface area contributed by atoms with Crippen LogP contribution < -0.4 is 16.7 Å². The van der Waals surface area contributed by atoms with Crippen LogP contribution in [0.25, 0.3) is 0 Å². The van der Waals surface area contributed by atoms with Crippen LogP contribution in [0.2, 0.25) is 0 Å². The number of nitrogens with zero attached hydrogens (tertiary/aromatic N) is 3. The van der Waals surface area contributed by atoms with Crippen LogP contribution >= 0.6 is 0 Å². The highest BCUT2D eigenvalue weighted by atomic mass is 19.1. The molecule has 7 nitrogen and oxygen atoms in total. The third-order valence-corrected chi connectivity index (χ3v) is 2.73. The Morgan fingerprint density at radius 2 is 2.25 bits per heavy atom. The molecule has 1 heterocycles. The molecule has 2 rings (SSSR count). The lowest BCUT2D eigenvalue weighted by atomic mass is 10.2. The van der Waals surface area contributed by atoms with Crippen LogP contribution in [0, 0.1) is 5.82 Å². The van der Waals surface area contributed by atoms with E-state index in [1.54, 1.807) is 7.05 Å². The number of amides is 1. The van der Waals surface area contributed by atoms with Gasteiger partial charge in [-0.1, -0.05) is 0 Å². The minimum Gasteiger partial charge on any atom is -0.397 e. The molecule has 0 bridgehead atoms. The van der Waals surface area contributed by atoms with Crippen molar-refractivity contribution in [1.82, 2.24) is 14.3 Å². The Morgan fingerprint density at radius 3 is 2.85 bits per heavy atom. The highest BCUT2D eigenvalue weighted by Gasteiger charge is 2.08. The van der Waals surface area contributed by atoms with Gasteiger partial charge in [-0.2, -0.15) is 5.10 Å². The quantitative estimate of drug-likeness (QED) is 0.788. The SMILES string of the molecule is Cn1cnn(CCC(=O)Nc2ccc(F)cc2N)c1=O. The van der Waals surface area contributed by atoms with Crippen molar-refractivity contribution in [2.75, 3.05) is 11.1 Å². The number of rotatable bonds is 4. The largest absolute Gasteiger partial charge is 0.397 e. The second kappa shape index (κ2) is 5.55. The molecule has 0 atom stereocenters. The molecule has 106 valence electrons. The van der Waals surface area contributed by atoms with Crippen LogP contribution in [0.1, 0.15) is 6.42 Å². The van der Waals surface area contributed by atoms with Crippen molar-refractivity contribution in [2.24, 2.45) is 7.05 Å². The summed E-state index contributed by atoms with van der Waals surface area (Å²) in [6.45, 7) is 0.159. The number of anilines is 2. The number of hydrogen-bond donors (Lipinski definition) is 2. The fourth-order valence-corrected chi connectivity index (χ4v) is 1.64. The van der Waals surface area contributed by atoms with E-state index in [1.807, 2.05) is 0 Å². The van der Waals surface area contributed by atoms with Crippen LogP contribution in [0.4, 0.5) is 15.8 Å². The van der Waals surface area contributed by atoms with Crippen molar-refractivity contribution in [2.45, 2.75) is 13.0 Å². The minimum absolute atomic E-state index is 0.0632. The van der Waals surface area contributed by atoms with Gasteiger partial charge in [-0.15, -0.1) is 0 Å². The zero-order valence-electron chi connectivity index (χ0n) is 10.8. The molecule has 20 heavy (non-hydrogen) atoms. The van der Waals surface area contributed by atoms with Crippen molar-refractivity contribution in [1.29, 1.82) is 0 Å². The van der Waals surface area contributed by atoms with Gasteiger partial charge in [0.25, 0.3) is 0 Å². The van der Waals surface area contributed by atoms with Gasteiger partial charge >= 0.3 is 5.69 Å². The van der Waals surface area contributed by atoms with E-state index >= 15 is 0 Å². The molecule has 1 aromatic carbocycles. The molecule has 0 unspecified atom stereocenters. The monoisotopic (exact) mass is 279 g/mol. The molecule has 0 spiro atoms. The number of carbonyl (C=O) groups is 1. The number of nitrogens with two attached hydrogens (primary N) is 1. The lowest BCUT2D eigenvalue weighted by Gasteiger charge is -2.07. The van der Waals surface area contributed by atoms with Crippen molar-refractivity contribution in [3.63, 3.8) is 0 Å². The van der Waals surface area contributed by atoms with Gasteiger partial charge in [-0.3, -0.25) is 9.36 Å². The van der Waals surface area contributed by atoms with Gasteiger partial charge in [-0.25, -0.2) is 13.9 Å². The summed E-state index contributed by atoms with van der Waals surface area (Å²) >= 11 is 0. The lowest BCUT2D eigenvalue weighted by Crippen LogP contribution is -2.25. The summed E-state index contributed by atoms with van der Waals surface area (Å²) < 4.78 is 15.4. The number of carbonyl (C=O) groups excluding carboxylic acids is 1. The van der Waals surface area contributed by atoms with Crippen LogP contribution in [-0.4, -0.2) is 20.3 Å². The van der Waals surface area contributed by atoms with Gasteiger partial charge in [-0.05, 0) is 18.2 Å². The van der Waals surface area contributed by atoms with E-state index in [0.717, 1.165) is 6.07 Å². The summed E-state index contributed by atoms with van der Waals surface area (Å²) in [5, 5.41) is 6.39. The van der Waals surface area contributed by atoms with Gasteiger partial charge < -0.3 is 11.1 Å². The minimum atomic E-state index is -0.472. The van der Waals surface area contributed by atoms with Gasteiger partial charge in [0.15, 0.2) is 0 Å². The smallest absolute Gasteiger partial charge is 0.345 e. The van der Waals surface area contributed by atoms with Gasteiger partial charge in [0.05, 0.1) is 17.9 Å². The third-order valence-electron chi connectivity index (χ3n) is 2.73. The maximum Gasteiger partial charge on any atom is 0.345 e. The molecule has 0 radical (unpaired) electrons. The summed E-state index contributed by atoms with van der Waals surface area (Å²) in [6, 6.07) is 3.71. The Hall–Kier alpha value is -2.64. The molecule has 8 heteroatoms. The predicted octanol–water partition coefficient (Wildman–Crippen LogP) is 0.332. The van der Waals surface area contributed by atoms with E-state index in [9.17, 15) is 14.0 Å². The zero-order valence-corrected chi connectivity index (χ0v) is 10.8. The molecule has 0 aliphatic rings. The summed E-state index contributed by atoms with van der Waals surface area (Å²) in [5.41, 5.74) is 5.77. The molecular formula is C12H14FN5O2. The van der Waals surface area contributed by atoms with Gasteiger partial charge in [0.2, 0.25) is 5.91 Å². The molecule has 0 saturated carbocycles. The predicted molar refractivity (Wildman–Crippen MR) is 71.5 cm³/mol. The van der Waals surface area contributed by atoms with Crippen LogP contribution in [0.15, 0.2) is 29.3 Å². The molecule has 0 aliphatic heterocycles. The Balaban J connectivity index is 1.96. The summed E-state index contributed by atoms with van der Waals surface area (Å²) in [7, 11) is 1.57. The highest BCUT2D eigenvalue weighted by molar-refractivity contribution is 5.93. The number of nitrogens with one attached hydrogen (secondary N) is 1. The van der Waals surface area contributed by atoms with E-state index in [0.29, 0.717) is 5.69 Å². The van der Waals surface area contributed by atoms with E-state index in [2.05, 4.69) is 10.4 Å². The van der Waals surface area contributed by atoms with Crippen LogP contribution in [0.3, 0.4) is 0 Å². The Morgan fingerprint density at radius 1 is 1.50 bits per heavy atom. The summed E-state index contributed by atoms with van der Waals surface area (Å²) in [6.07, 6.45) is 1.44. The fourth-order valence-electron chi connectivity index (χ4n) is 1.64. The number of halogens is 1. The molecule has 0 fully saturated rings. The van der Waals surface area contributed by atoms with Crippen LogP contribution in [0.5, 0.6) is 0 Å². The topological polar surface area (TPSA) is 94.9 Å². The maximum absolute atomic E-state index is 12.9. The fraction of sp³-hybridized carbons (Fsp3) is 0.250. The average Bonchev–Trinajstić information content (AvgIpc) is 2.71. The number of benzene rings is 1. The molecule has 0 saturated heterocycles. The number of aromatic nitrogens is 3. The Bertz CT molecular complexity index is 691. The summed E-state index contributed by atoms with van der Waals surface area (Å²) in [4.78, 5) is 23.2. The third kappa shape index (κ3) is 3.02. The van der Waals surface area contributed by atoms with Crippen molar-refractivity contribution < 1.29 is 9.18 Å². The number of nitrogen functional groups attached to an aromatic ring is 1. The number of hydrogen-bond acceptors (Lipinski definition) is 4. The van der Waals surface area contributed by atoms with Crippen molar-refractivity contribution in [3.05, 3.63) is 40.8 Å². The Labute approximate surface area is 113 Å². The molecular weight excluding hydrogens is 265 g/mol. The maximum atomic E-state index is 12.9. The van der Waals surface area contributed by atoms with E-state index in [1.165, 1.54) is 27.7 Å². The van der Waals surface area contributed by atoms with E-state index in [4.69, 9.17) is 5.73 Å². The molecule has 0 aliphatic carbocycles. The van der Waals surface area contributed by atoms with E-state index < -0.39 is 5.82 Å². The first kappa shape index (κ1) is 13.8. The van der Waals surface area contributed by atoms with E-state index in [-0.39, 0.29) is 30.2 Å². The molecule has 1 aromatic heterocycles. The molecule has 1 amide bonds. The lowest BCUT2D eigenvalue weighted by molar-refractivity contribution is -0.116. The first-order valence-electron chi connectivity index (χ1n) is 5.90. The van der Waals surface area contributed by atoms with Gasteiger partial charge in [0, 0.05) is 13.5 Å². The second-order valence-electron chi connectivity index (χ2n) is 4.28. The average molecular weight is 279 g/mol. The normalized spacial score (nSPS) is 10.5. The Kier molecular flexibility index (Phi) is 3.83. The first-order valence-corrected chi connectivity index (χ1v) is 5.90. The molecule has 2 aromatic rings. The second-order valence-corrected chi connectivity index (χ2v) is 4.28. The zero-order chi connectivity index (χ0) is 14.7. The van der Waals surface area contributed by atoms with Gasteiger partial charge in [0.1, 0.15) is 12.1 Å². The molecule has 3 N–H and O–H groups in total. The summed E-state index contributed by atoms with van der Waals surface area (Å²) in [5.74, 6) is -0.804.